The van der Waals surface area contributed by atoms with Gasteiger partial charge >= 0.3 is 5.97 Å². The number of benzene rings is 1. The first-order chi connectivity index (χ1) is 10.0. The number of ether oxygens (including phenoxy) is 1. The predicted octanol–water partition coefficient (Wildman–Crippen LogP) is 3.04. The lowest BCUT2D eigenvalue weighted by atomic mass is 10.1. The van der Waals surface area contributed by atoms with Crippen LogP contribution in [0.3, 0.4) is 0 Å². The summed E-state index contributed by atoms with van der Waals surface area (Å²) < 4.78 is 18.7. The summed E-state index contributed by atoms with van der Waals surface area (Å²) >= 11 is 1.99. The van der Waals surface area contributed by atoms with E-state index in [-0.39, 0.29) is 12.5 Å². The highest BCUT2D eigenvalue weighted by Gasteiger charge is 2.26. The normalized spacial score (nSPS) is 15.9. The molecule has 1 saturated heterocycles. The van der Waals surface area contributed by atoms with Gasteiger partial charge in [0.25, 0.3) is 5.91 Å². The molecule has 0 spiro atoms. The largest absolute Gasteiger partial charge is 0.462 e. The van der Waals surface area contributed by atoms with Crippen LogP contribution in [0.4, 0.5) is 4.39 Å². The number of piperidine rings is 1. The van der Waals surface area contributed by atoms with Crippen LogP contribution in [0.1, 0.15) is 40.5 Å². The molecule has 0 atom stereocenters. The number of rotatable bonds is 3. The number of nitrogens with zero attached hydrogens (tertiary/aromatic N) is 1. The lowest BCUT2D eigenvalue weighted by Gasteiger charge is -2.29. The Kier molecular flexibility index (Phi) is 5.55. The van der Waals surface area contributed by atoms with Crippen LogP contribution in [0.5, 0.6) is 0 Å². The second-order valence-corrected chi connectivity index (χ2v) is 5.93. The summed E-state index contributed by atoms with van der Waals surface area (Å²) in [6.07, 6.45) is -0.0706. The fourth-order valence-electron chi connectivity index (χ4n) is 2.29. The molecule has 6 heteroatoms. The second-order valence-electron chi connectivity index (χ2n) is 4.85. The van der Waals surface area contributed by atoms with Crippen molar-refractivity contribution in [2.75, 3.05) is 19.7 Å². The predicted molar refractivity (Wildman–Crippen MR) is 85.1 cm³/mol. The van der Waals surface area contributed by atoms with Gasteiger partial charge in [-0.2, -0.15) is 0 Å². The minimum absolute atomic E-state index is 0.155. The van der Waals surface area contributed by atoms with E-state index in [0.717, 1.165) is 0 Å². The third kappa shape index (κ3) is 3.72. The highest BCUT2D eigenvalue weighted by molar-refractivity contribution is 14.1. The first-order valence-corrected chi connectivity index (χ1v) is 8.01. The number of carbonyl (C=O) groups excluding carboxylic acids is 2. The Labute approximate surface area is 136 Å². The maximum atomic E-state index is 13.2. The van der Waals surface area contributed by atoms with Crippen molar-refractivity contribution in [3.63, 3.8) is 0 Å². The number of esters is 1. The summed E-state index contributed by atoms with van der Waals surface area (Å²) in [4.78, 5) is 26.0. The van der Waals surface area contributed by atoms with Crippen LogP contribution in [0, 0.1) is 3.57 Å². The Morgan fingerprint density at radius 3 is 2.57 bits per heavy atom. The smallest absolute Gasteiger partial charge is 0.339 e. The van der Waals surface area contributed by atoms with Gasteiger partial charge in [0, 0.05) is 16.7 Å². The van der Waals surface area contributed by atoms with Crippen LogP contribution in [0.15, 0.2) is 18.2 Å². The van der Waals surface area contributed by atoms with E-state index in [1.807, 2.05) is 22.6 Å². The van der Waals surface area contributed by atoms with E-state index in [1.165, 1.54) is 0 Å². The van der Waals surface area contributed by atoms with Gasteiger partial charge in [0.1, 0.15) is 6.17 Å². The van der Waals surface area contributed by atoms with Crippen molar-refractivity contribution < 1.29 is 18.7 Å². The van der Waals surface area contributed by atoms with E-state index in [4.69, 9.17) is 4.74 Å². The molecule has 1 fully saturated rings. The molecule has 1 aromatic carbocycles. The average Bonchev–Trinajstić information content (AvgIpc) is 2.48. The topological polar surface area (TPSA) is 46.6 Å². The highest BCUT2D eigenvalue weighted by atomic mass is 127. The molecule has 1 aliphatic rings. The van der Waals surface area contributed by atoms with Crippen LogP contribution in [0.2, 0.25) is 0 Å². The monoisotopic (exact) mass is 405 g/mol. The molecule has 21 heavy (non-hydrogen) atoms. The van der Waals surface area contributed by atoms with Crippen LogP contribution < -0.4 is 0 Å². The first-order valence-electron chi connectivity index (χ1n) is 6.93. The number of halogens is 2. The standard InChI is InChI=1S/C15H17FINO3/c1-2-21-15(20)12-5-3-4-11(13(12)17)14(19)18-8-6-10(16)7-9-18/h3-5,10H,2,6-9H2,1H3. The Bertz CT molecular complexity index is 542. The lowest BCUT2D eigenvalue weighted by molar-refractivity contribution is 0.0525. The van der Waals surface area contributed by atoms with E-state index in [0.29, 0.717) is 40.6 Å². The third-order valence-corrected chi connectivity index (χ3v) is 4.60. The van der Waals surface area contributed by atoms with E-state index in [2.05, 4.69) is 0 Å². The molecule has 0 N–H and O–H groups in total. The summed E-state index contributed by atoms with van der Waals surface area (Å²) in [5, 5.41) is 0. The van der Waals surface area contributed by atoms with Gasteiger partial charge in [0.15, 0.2) is 0 Å². The van der Waals surface area contributed by atoms with E-state index >= 15 is 0 Å². The molecule has 1 amide bonds. The van der Waals surface area contributed by atoms with Gasteiger partial charge in [0.2, 0.25) is 0 Å². The Morgan fingerprint density at radius 2 is 1.95 bits per heavy atom. The lowest BCUT2D eigenvalue weighted by Crippen LogP contribution is -2.39. The zero-order valence-electron chi connectivity index (χ0n) is 11.8. The maximum absolute atomic E-state index is 13.2. The third-order valence-electron chi connectivity index (χ3n) is 3.44. The first kappa shape index (κ1) is 16.2. The zero-order valence-corrected chi connectivity index (χ0v) is 13.9. The van der Waals surface area contributed by atoms with Crippen LogP contribution in [0.25, 0.3) is 0 Å². The van der Waals surface area contributed by atoms with Gasteiger partial charge in [-0.05, 0) is 54.5 Å². The SMILES string of the molecule is CCOC(=O)c1cccc(C(=O)N2CCC(F)CC2)c1I. The van der Waals surface area contributed by atoms with Crippen molar-refractivity contribution in [1.29, 1.82) is 0 Å². The second kappa shape index (κ2) is 7.20. The highest BCUT2D eigenvalue weighted by Crippen LogP contribution is 2.22. The van der Waals surface area contributed by atoms with Gasteiger partial charge in [-0.25, -0.2) is 9.18 Å². The van der Waals surface area contributed by atoms with Crippen molar-refractivity contribution in [3.05, 3.63) is 32.9 Å². The Balaban J connectivity index is 2.21. The minimum Gasteiger partial charge on any atom is -0.462 e. The number of likely N-dealkylation sites (tertiary alicyclic amines) is 1. The summed E-state index contributed by atoms with van der Waals surface area (Å²) in [7, 11) is 0. The van der Waals surface area contributed by atoms with Crippen LogP contribution >= 0.6 is 22.6 Å². The molecular weight excluding hydrogens is 388 g/mol. The summed E-state index contributed by atoms with van der Waals surface area (Å²) in [5.74, 6) is -0.587. The molecule has 1 aromatic rings. The van der Waals surface area contributed by atoms with Crippen molar-refractivity contribution in [1.82, 2.24) is 4.90 Å². The van der Waals surface area contributed by atoms with Gasteiger partial charge in [-0.1, -0.05) is 6.07 Å². The van der Waals surface area contributed by atoms with Crippen LogP contribution in [-0.2, 0) is 4.74 Å². The fourth-order valence-corrected chi connectivity index (χ4v) is 3.10. The van der Waals surface area contributed by atoms with E-state index in [1.54, 1.807) is 30.0 Å². The number of amides is 1. The summed E-state index contributed by atoms with van der Waals surface area (Å²) in [6.45, 7) is 2.86. The average molecular weight is 405 g/mol. The molecule has 0 radical (unpaired) electrons. The molecule has 0 saturated carbocycles. The number of alkyl halides is 1. The zero-order chi connectivity index (χ0) is 15.4. The molecule has 0 aliphatic carbocycles. The summed E-state index contributed by atoms with van der Waals surface area (Å²) in [6, 6.07) is 5.00. The quantitative estimate of drug-likeness (QED) is 0.574. The van der Waals surface area contributed by atoms with Gasteiger partial charge in [-0.15, -0.1) is 0 Å². The van der Waals surface area contributed by atoms with E-state index in [9.17, 15) is 14.0 Å². The number of hydrogen-bond donors (Lipinski definition) is 0. The van der Waals surface area contributed by atoms with Crippen molar-refractivity contribution in [2.45, 2.75) is 25.9 Å². The van der Waals surface area contributed by atoms with Crippen LogP contribution in [-0.4, -0.2) is 42.6 Å². The van der Waals surface area contributed by atoms with Crippen molar-refractivity contribution in [3.8, 4) is 0 Å². The van der Waals surface area contributed by atoms with Crippen molar-refractivity contribution in [2.24, 2.45) is 0 Å². The summed E-state index contributed by atoms with van der Waals surface area (Å²) in [5.41, 5.74) is 0.863. The Hall–Kier alpha value is -1.18. The molecule has 114 valence electrons. The molecular formula is C15H17FINO3. The minimum atomic E-state index is -0.820. The molecule has 0 unspecified atom stereocenters. The fraction of sp³-hybridized carbons (Fsp3) is 0.467. The number of hydrogen-bond acceptors (Lipinski definition) is 3. The molecule has 1 aliphatic heterocycles. The van der Waals surface area contributed by atoms with Crippen molar-refractivity contribution >= 4 is 34.5 Å². The number of carbonyl (C=O) groups is 2. The van der Waals surface area contributed by atoms with E-state index < -0.39 is 12.1 Å². The molecule has 1 heterocycles. The van der Waals surface area contributed by atoms with Gasteiger partial charge < -0.3 is 9.64 Å². The van der Waals surface area contributed by atoms with Gasteiger partial charge in [-0.3, -0.25) is 4.79 Å². The Morgan fingerprint density at radius 1 is 1.33 bits per heavy atom. The molecule has 0 aromatic heterocycles. The molecule has 4 nitrogen and oxygen atoms in total. The molecule has 2 rings (SSSR count). The molecule has 0 bridgehead atoms. The maximum Gasteiger partial charge on any atom is 0.339 e. The van der Waals surface area contributed by atoms with Gasteiger partial charge in [0.05, 0.1) is 17.7 Å².